The first-order chi connectivity index (χ1) is 12.2. The topological polar surface area (TPSA) is 45.7 Å². The fourth-order valence-electron chi connectivity index (χ4n) is 3.46. The van der Waals surface area contributed by atoms with Crippen molar-refractivity contribution in [1.29, 1.82) is 0 Å². The summed E-state index contributed by atoms with van der Waals surface area (Å²) in [7, 11) is 0. The van der Waals surface area contributed by atoms with Crippen molar-refractivity contribution in [3.63, 3.8) is 0 Å². The molecule has 0 saturated carbocycles. The van der Waals surface area contributed by atoms with E-state index in [2.05, 4.69) is 21.3 Å². The van der Waals surface area contributed by atoms with Crippen LogP contribution >= 0.6 is 22.7 Å². The van der Waals surface area contributed by atoms with Crippen molar-refractivity contribution in [1.82, 2.24) is 14.8 Å². The molecule has 4 heterocycles. The Kier molecular flexibility index (Phi) is 5.17. The molecule has 2 aliphatic rings. The molecule has 2 aromatic heterocycles. The Balaban J connectivity index is 1.37. The van der Waals surface area contributed by atoms with Gasteiger partial charge in [0.05, 0.1) is 11.8 Å². The second-order valence-electron chi connectivity index (χ2n) is 6.67. The number of aromatic nitrogens is 1. The van der Waals surface area contributed by atoms with Crippen molar-refractivity contribution in [2.24, 2.45) is 0 Å². The Morgan fingerprint density at radius 2 is 2.20 bits per heavy atom. The van der Waals surface area contributed by atoms with Crippen LogP contribution in [0.5, 0.6) is 0 Å². The number of carbonyl (C=O) groups is 1. The number of hydrogen-bond acceptors (Lipinski definition) is 6. The molecule has 0 N–H and O–H groups in total. The van der Waals surface area contributed by atoms with Gasteiger partial charge in [0.15, 0.2) is 0 Å². The summed E-state index contributed by atoms with van der Waals surface area (Å²) in [5.41, 5.74) is 1.96. The molecule has 2 aromatic rings. The van der Waals surface area contributed by atoms with Gasteiger partial charge in [0, 0.05) is 50.3 Å². The number of ether oxygens (including phenoxy) is 1. The minimum Gasteiger partial charge on any atom is -0.377 e. The normalized spacial score (nSPS) is 21.8. The Morgan fingerprint density at radius 1 is 1.36 bits per heavy atom. The Hall–Kier alpha value is -1.28. The first-order valence-corrected chi connectivity index (χ1v) is 10.6. The van der Waals surface area contributed by atoms with Crippen LogP contribution in [-0.4, -0.2) is 66.1 Å². The number of carbonyl (C=O) groups excluding carboxylic acids is 1. The molecule has 2 aliphatic heterocycles. The quantitative estimate of drug-likeness (QED) is 0.821. The fraction of sp³-hybridized carbons (Fsp3) is 0.556. The first kappa shape index (κ1) is 17.1. The number of thiophene rings is 1. The molecular formula is C18H23N3O2S2. The van der Waals surface area contributed by atoms with Crippen LogP contribution in [0.3, 0.4) is 0 Å². The molecule has 1 atom stereocenters. The van der Waals surface area contributed by atoms with Crippen LogP contribution in [0.15, 0.2) is 16.8 Å². The maximum atomic E-state index is 12.9. The number of nitrogens with zero attached hydrogens (tertiary/aromatic N) is 3. The molecule has 1 unspecified atom stereocenters. The lowest BCUT2D eigenvalue weighted by Gasteiger charge is -2.35. The molecular weight excluding hydrogens is 354 g/mol. The van der Waals surface area contributed by atoms with Crippen molar-refractivity contribution in [3.8, 4) is 10.6 Å². The van der Waals surface area contributed by atoms with E-state index in [-0.39, 0.29) is 5.91 Å². The van der Waals surface area contributed by atoms with Gasteiger partial charge in [0.1, 0.15) is 9.88 Å². The van der Waals surface area contributed by atoms with E-state index in [1.807, 2.05) is 17.2 Å². The molecule has 7 heteroatoms. The second-order valence-corrected chi connectivity index (χ2v) is 8.45. The first-order valence-electron chi connectivity index (χ1n) is 8.84. The number of piperazine rings is 1. The number of rotatable bonds is 4. The summed E-state index contributed by atoms with van der Waals surface area (Å²) in [6.07, 6.45) is 2.74. The number of amides is 1. The minimum atomic E-state index is 0.133. The molecule has 0 bridgehead atoms. The van der Waals surface area contributed by atoms with Crippen molar-refractivity contribution >= 4 is 28.6 Å². The zero-order valence-electron chi connectivity index (χ0n) is 14.4. The molecule has 2 saturated heterocycles. The number of thiazole rings is 1. The molecule has 25 heavy (non-hydrogen) atoms. The van der Waals surface area contributed by atoms with E-state index in [4.69, 9.17) is 4.74 Å². The number of aryl methyl sites for hydroxylation is 1. The van der Waals surface area contributed by atoms with E-state index in [0.717, 1.165) is 60.5 Å². The van der Waals surface area contributed by atoms with Gasteiger partial charge in [-0.15, -0.1) is 11.3 Å². The zero-order valence-corrected chi connectivity index (χ0v) is 16.1. The predicted octanol–water partition coefficient (Wildman–Crippen LogP) is 3.12. The number of hydrogen-bond donors (Lipinski definition) is 0. The third kappa shape index (κ3) is 3.79. The zero-order chi connectivity index (χ0) is 17.2. The largest absolute Gasteiger partial charge is 0.377 e. The second kappa shape index (κ2) is 7.53. The van der Waals surface area contributed by atoms with E-state index in [0.29, 0.717) is 6.10 Å². The van der Waals surface area contributed by atoms with Crippen molar-refractivity contribution < 1.29 is 9.53 Å². The average molecular weight is 378 g/mol. The smallest absolute Gasteiger partial charge is 0.265 e. The lowest BCUT2D eigenvalue weighted by atomic mass is 10.2. The van der Waals surface area contributed by atoms with Crippen LogP contribution in [0.4, 0.5) is 0 Å². The van der Waals surface area contributed by atoms with Gasteiger partial charge in [-0.05, 0) is 31.2 Å². The van der Waals surface area contributed by atoms with Crippen LogP contribution in [-0.2, 0) is 4.74 Å². The highest BCUT2D eigenvalue weighted by Gasteiger charge is 2.27. The highest BCUT2D eigenvalue weighted by atomic mass is 32.1. The summed E-state index contributed by atoms with van der Waals surface area (Å²) >= 11 is 3.17. The third-order valence-electron chi connectivity index (χ3n) is 4.90. The highest BCUT2D eigenvalue weighted by Crippen LogP contribution is 2.30. The minimum absolute atomic E-state index is 0.133. The summed E-state index contributed by atoms with van der Waals surface area (Å²) in [6.45, 7) is 7.28. The van der Waals surface area contributed by atoms with E-state index in [1.165, 1.54) is 24.2 Å². The molecule has 134 valence electrons. The molecule has 0 spiro atoms. The van der Waals surface area contributed by atoms with Crippen molar-refractivity contribution in [2.45, 2.75) is 25.9 Å². The summed E-state index contributed by atoms with van der Waals surface area (Å²) in [5, 5.41) is 5.07. The molecule has 0 aromatic carbocycles. The van der Waals surface area contributed by atoms with Gasteiger partial charge in [0.25, 0.3) is 5.91 Å². The van der Waals surface area contributed by atoms with Crippen LogP contribution in [0.2, 0.25) is 0 Å². The third-order valence-corrected chi connectivity index (χ3v) is 6.78. The van der Waals surface area contributed by atoms with Gasteiger partial charge >= 0.3 is 0 Å². The van der Waals surface area contributed by atoms with Crippen molar-refractivity contribution in [3.05, 3.63) is 27.4 Å². The van der Waals surface area contributed by atoms with Crippen molar-refractivity contribution in [2.75, 3.05) is 39.3 Å². The van der Waals surface area contributed by atoms with Crippen LogP contribution in [0.25, 0.3) is 10.6 Å². The van der Waals surface area contributed by atoms with E-state index >= 15 is 0 Å². The molecule has 0 aliphatic carbocycles. The van der Waals surface area contributed by atoms with Gasteiger partial charge < -0.3 is 9.64 Å². The lowest BCUT2D eigenvalue weighted by Crippen LogP contribution is -2.50. The lowest BCUT2D eigenvalue weighted by molar-refractivity contribution is 0.0435. The summed E-state index contributed by atoms with van der Waals surface area (Å²) in [6, 6.07) is 2.06. The predicted molar refractivity (Wildman–Crippen MR) is 101 cm³/mol. The van der Waals surface area contributed by atoms with Gasteiger partial charge in [-0.3, -0.25) is 9.69 Å². The van der Waals surface area contributed by atoms with Crippen LogP contribution in [0, 0.1) is 6.92 Å². The Bertz CT molecular complexity index is 715. The molecule has 0 radical (unpaired) electrons. The maximum absolute atomic E-state index is 12.9. The van der Waals surface area contributed by atoms with Gasteiger partial charge in [0.2, 0.25) is 0 Å². The monoisotopic (exact) mass is 377 g/mol. The summed E-state index contributed by atoms with van der Waals surface area (Å²) in [4.78, 5) is 22.7. The fourth-order valence-corrected chi connectivity index (χ4v) is 5.20. The van der Waals surface area contributed by atoms with Gasteiger partial charge in [-0.1, -0.05) is 0 Å². The molecule has 5 nitrogen and oxygen atoms in total. The molecule has 4 rings (SSSR count). The summed E-state index contributed by atoms with van der Waals surface area (Å²) < 4.78 is 5.73. The SMILES string of the molecule is Cc1nc(-c2ccsc2)sc1C(=O)N1CCN(CC2CCCO2)CC1. The van der Waals surface area contributed by atoms with Crippen LogP contribution in [0.1, 0.15) is 28.2 Å². The van der Waals surface area contributed by atoms with Crippen LogP contribution < -0.4 is 0 Å². The standard InChI is InChI=1S/C18H23N3O2S2/c1-13-16(25-17(19-13)14-4-10-24-12-14)18(22)21-7-5-20(6-8-21)11-15-3-2-9-23-15/h4,10,12,15H,2-3,5-9,11H2,1H3. The molecule has 1 amide bonds. The Labute approximate surface area is 156 Å². The average Bonchev–Trinajstić information content (AvgIpc) is 3.36. The van der Waals surface area contributed by atoms with Gasteiger partial charge in [-0.2, -0.15) is 11.3 Å². The van der Waals surface area contributed by atoms with E-state index < -0.39 is 0 Å². The summed E-state index contributed by atoms with van der Waals surface area (Å²) in [5.74, 6) is 0.133. The Morgan fingerprint density at radius 3 is 2.88 bits per heavy atom. The van der Waals surface area contributed by atoms with E-state index in [1.54, 1.807) is 11.3 Å². The van der Waals surface area contributed by atoms with E-state index in [9.17, 15) is 4.79 Å². The molecule has 2 fully saturated rings. The maximum Gasteiger partial charge on any atom is 0.265 e. The highest BCUT2D eigenvalue weighted by molar-refractivity contribution is 7.17. The van der Waals surface area contributed by atoms with Gasteiger partial charge in [-0.25, -0.2) is 4.98 Å².